The lowest BCUT2D eigenvalue weighted by Crippen LogP contribution is -2.45. The van der Waals surface area contributed by atoms with Crippen LogP contribution < -0.4 is 11.1 Å². The monoisotopic (exact) mass is 293 g/mol. The Morgan fingerprint density at radius 2 is 1.75 bits per heavy atom. The van der Waals surface area contributed by atoms with Crippen molar-refractivity contribution in [2.24, 2.45) is 11.7 Å². The highest BCUT2D eigenvalue weighted by molar-refractivity contribution is 7.80. The van der Waals surface area contributed by atoms with Crippen LogP contribution in [0.3, 0.4) is 0 Å². The van der Waals surface area contributed by atoms with Crippen molar-refractivity contribution in [1.82, 2.24) is 10.2 Å². The second-order valence-corrected chi connectivity index (χ2v) is 5.97. The highest BCUT2D eigenvalue weighted by atomic mass is 32.1. The van der Waals surface area contributed by atoms with Crippen LogP contribution in [0.5, 0.6) is 0 Å². The molecule has 0 aromatic heterocycles. The van der Waals surface area contributed by atoms with E-state index in [-0.39, 0.29) is 11.9 Å². The van der Waals surface area contributed by atoms with Crippen LogP contribution in [0.2, 0.25) is 0 Å². The zero-order chi connectivity index (χ0) is 15.3. The molecular formula is C15H23N3OS. The molecule has 0 aliphatic carbocycles. The summed E-state index contributed by atoms with van der Waals surface area (Å²) >= 11 is 4.89. The number of rotatable bonds is 6. The average molecular weight is 293 g/mol. The SMILES string of the molecule is CC(C)C(CN(C)C)NC(=O)c1ccc(C(N)=S)cc1. The molecular weight excluding hydrogens is 270 g/mol. The van der Waals surface area contributed by atoms with Gasteiger partial charge in [-0.25, -0.2) is 0 Å². The van der Waals surface area contributed by atoms with Crippen LogP contribution in [0.4, 0.5) is 0 Å². The molecule has 20 heavy (non-hydrogen) atoms. The largest absolute Gasteiger partial charge is 0.389 e. The number of nitrogens with one attached hydrogen (secondary N) is 1. The second-order valence-electron chi connectivity index (χ2n) is 5.53. The first-order chi connectivity index (χ1) is 9.31. The van der Waals surface area contributed by atoms with Gasteiger partial charge in [0.1, 0.15) is 4.99 Å². The molecule has 4 nitrogen and oxygen atoms in total. The molecule has 3 N–H and O–H groups in total. The van der Waals surface area contributed by atoms with E-state index in [0.29, 0.717) is 16.5 Å². The first-order valence-corrected chi connectivity index (χ1v) is 7.07. The lowest BCUT2D eigenvalue weighted by Gasteiger charge is -2.25. The van der Waals surface area contributed by atoms with Crippen molar-refractivity contribution in [3.8, 4) is 0 Å². The normalized spacial score (nSPS) is 12.5. The highest BCUT2D eigenvalue weighted by Crippen LogP contribution is 2.08. The predicted octanol–water partition coefficient (Wildman–Crippen LogP) is 1.64. The maximum atomic E-state index is 12.2. The zero-order valence-corrected chi connectivity index (χ0v) is 13.3. The van der Waals surface area contributed by atoms with Crippen molar-refractivity contribution >= 4 is 23.1 Å². The summed E-state index contributed by atoms with van der Waals surface area (Å²) in [4.78, 5) is 14.6. The Morgan fingerprint density at radius 3 is 2.15 bits per heavy atom. The predicted molar refractivity (Wildman–Crippen MR) is 87.0 cm³/mol. The maximum Gasteiger partial charge on any atom is 0.251 e. The fourth-order valence-corrected chi connectivity index (χ4v) is 1.99. The Balaban J connectivity index is 2.75. The number of carbonyl (C=O) groups is 1. The van der Waals surface area contributed by atoms with E-state index in [1.54, 1.807) is 24.3 Å². The minimum atomic E-state index is -0.0694. The van der Waals surface area contributed by atoms with Gasteiger partial charge in [0.15, 0.2) is 0 Å². The van der Waals surface area contributed by atoms with Crippen molar-refractivity contribution in [3.63, 3.8) is 0 Å². The van der Waals surface area contributed by atoms with E-state index < -0.39 is 0 Å². The van der Waals surface area contributed by atoms with Gasteiger partial charge in [0.25, 0.3) is 5.91 Å². The molecule has 0 spiro atoms. The van der Waals surface area contributed by atoms with Gasteiger partial charge in [-0.1, -0.05) is 38.2 Å². The topological polar surface area (TPSA) is 58.4 Å². The van der Waals surface area contributed by atoms with Gasteiger partial charge in [-0.15, -0.1) is 0 Å². The number of hydrogen-bond donors (Lipinski definition) is 2. The molecule has 0 heterocycles. The zero-order valence-electron chi connectivity index (χ0n) is 12.5. The molecule has 0 aliphatic heterocycles. The smallest absolute Gasteiger partial charge is 0.251 e. The van der Waals surface area contributed by atoms with Crippen molar-refractivity contribution < 1.29 is 4.79 Å². The van der Waals surface area contributed by atoms with Gasteiger partial charge in [-0.3, -0.25) is 4.79 Å². The molecule has 1 aromatic rings. The summed E-state index contributed by atoms with van der Waals surface area (Å²) in [5.41, 5.74) is 6.93. The van der Waals surface area contributed by atoms with E-state index in [1.165, 1.54) is 0 Å². The van der Waals surface area contributed by atoms with Gasteiger partial charge in [0, 0.05) is 23.7 Å². The summed E-state index contributed by atoms with van der Waals surface area (Å²) < 4.78 is 0. The number of nitrogens with two attached hydrogens (primary N) is 1. The molecule has 1 aromatic carbocycles. The highest BCUT2D eigenvalue weighted by Gasteiger charge is 2.17. The Kier molecular flexibility index (Phi) is 6.10. The van der Waals surface area contributed by atoms with E-state index in [2.05, 4.69) is 24.1 Å². The summed E-state index contributed by atoms with van der Waals surface area (Å²) in [7, 11) is 4.00. The summed E-state index contributed by atoms with van der Waals surface area (Å²) in [6.07, 6.45) is 0. The van der Waals surface area contributed by atoms with E-state index in [1.807, 2.05) is 14.1 Å². The van der Waals surface area contributed by atoms with Crippen molar-refractivity contribution in [3.05, 3.63) is 35.4 Å². The molecule has 0 bridgehead atoms. The molecule has 0 radical (unpaired) electrons. The van der Waals surface area contributed by atoms with Crippen molar-refractivity contribution in [1.29, 1.82) is 0 Å². The maximum absolute atomic E-state index is 12.2. The molecule has 0 saturated carbocycles. The van der Waals surface area contributed by atoms with E-state index in [4.69, 9.17) is 18.0 Å². The lowest BCUT2D eigenvalue weighted by atomic mass is 10.0. The second kappa shape index (κ2) is 7.36. The van der Waals surface area contributed by atoms with Gasteiger partial charge in [-0.05, 0) is 32.1 Å². The summed E-state index contributed by atoms with van der Waals surface area (Å²) in [5.74, 6) is 0.303. The number of thiocarbonyl (C=S) groups is 1. The third-order valence-corrected chi connectivity index (χ3v) is 3.35. The third kappa shape index (κ3) is 4.90. The summed E-state index contributed by atoms with van der Waals surface area (Å²) in [6, 6.07) is 7.15. The van der Waals surface area contributed by atoms with Gasteiger partial charge in [0.2, 0.25) is 0 Å². The fourth-order valence-electron chi connectivity index (χ4n) is 1.85. The van der Waals surface area contributed by atoms with Gasteiger partial charge in [-0.2, -0.15) is 0 Å². The number of benzene rings is 1. The molecule has 1 rings (SSSR count). The third-order valence-electron chi connectivity index (χ3n) is 3.11. The Hall–Kier alpha value is -1.46. The van der Waals surface area contributed by atoms with Crippen LogP contribution in [0, 0.1) is 5.92 Å². The first-order valence-electron chi connectivity index (χ1n) is 6.66. The minimum absolute atomic E-state index is 0.0694. The Morgan fingerprint density at radius 1 is 1.25 bits per heavy atom. The fraction of sp³-hybridized carbons (Fsp3) is 0.467. The average Bonchev–Trinajstić information content (AvgIpc) is 2.37. The number of carbonyl (C=O) groups excluding carboxylic acids is 1. The van der Waals surface area contributed by atoms with Crippen molar-refractivity contribution in [2.45, 2.75) is 19.9 Å². The molecule has 110 valence electrons. The van der Waals surface area contributed by atoms with Crippen LogP contribution in [-0.4, -0.2) is 42.5 Å². The molecule has 5 heteroatoms. The Labute approximate surface area is 126 Å². The number of likely N-dealkylation sites (N-methyl/N-ethyl adjacent to an activating group) is 1. The molecule has 1 unspecified atom stereocenters. The Bertz CT molecular complexity index is 469. The van der Waals surface area contributed by atoms with Crippen LogP contribution in [0.1, 0.15) is 29.8 Å². The number of nitrogens with zero attached hydrogens (tertiary/aromatic N) is 1. The van der Waals surface area contributed by atoms with Gasteiger partial charge in [0.05, 0.1) is 0 Å². The molecule has 0 saturated heterocycles. The molecule has 1 amide bonds. The van der Waals surface area contributed by atoms with E-state index >= 15 is 0 Å². The van der Waals surface area contributed by atoms with Gasteiger partial charge >= 0.3 is 0 Å². The van der Waals surface area contributed by atoms with Crippen LogP contribution in [0.15, 0.2) is 24.3 Å². The molecule has 0 fully saturated rings. The first kappa shape index (κ1) is 16.6. The van der Waals surface area contributed by atoms with Crippen molar-refractivity contribution in [2.75, 3.05) is 20.6 Å². The molecule has 0 aliphatic rings. The standard InChI is InChI=1S/C15H23N3OS/c1-10(2)13(9-18(3)4)17-15(19)12-7-5-11(6-8-12)14(16)20/h5-8,10,13H,9H2,1-4H3,(H2,16,20)(H,17,19). The van der Waals surface area contributed by atoms with Crippen LogP contribution in [-0.2, 0) is 0 Å². The summed E-state index contributed by atoms with van der Waals surface area (Å²) in [6.45, 7) is 5.02. The number of amides is 1. The van der Waals surface area contributed by atoms with E-state index in [9.17, 15) is 4.79 Å². The van der Waals surface area contributed by atoms with Gasteiger partial charge < -0.3 is 16.0 Å². The summed E-state index contributed by atoms with van der Waals surface area (Å²) in [5, 5.41) is 3.07. The lowest BCUT2D eigenvalue weighted by molar-refractivity contribution is 0.0916. The molecule has 1 atom stereocenters. The number of hydrogen-bond acceptors (Lipinski definition) is 3. The van der Waals surface area contributed by atoms with Crippen LogP contribution in [0.25, 0.3) is 0 Å². The minimum Gasteiger partial charge on any atom is -0.389 e. The van der Waals surface area contributed by atoms with Crippen LogP contribution >= 0.6 is 12.2 Å². The van der Waals surface area contributed by atoms with E-state index in [0.717, 1.165) is 12.1 Å². The quantitative estimate of drug-likeness (QED) is 0.783.